The van der Waals surface area contributed by atoms with Crippen molar-refractivity contribution < 1.29 is 9.90 Å². The van der Waals surface area contributed by atoms with Crippen LogP contribution < -0.4 is 4.90 Å². The van der Waals surface area contributed by atoms with E-state index < -0.39 is 0 Å². The molecule has 1 amide bonds. The number of aromatic nitrogens is 1. The number of anilines is 1. The van der Waals surface area contributed by atoms with E-state index in [-0.39, 0.29) is 18.6 Å². The molecule has 1 aliphatic rings. The van der Waals surface area contributed by atoms with Crippen molar-refractivity contribution in [1.82, 2.24) is 9.88 Å². The molecular weight excluding hydrogens is 314 g/mol. The van der Waals surface area contributed by atoms with Crippen LogP contribution in [-0.2, 0) is 0 Å². The van der Waals surface area contributed by atoms with Crippen LogP contribution >= 0.6 is 0 Å². The van der Waals surface area contributed by atoms with Gasteiger partial charge in [0.25, 0.3) is 5.91 Å². The molecule has 0 bridgehead atoms. The molecule has 0 radical (unpaired) electrons. The summed E-state index contributed by atoms with van der Waals surface area (Å²) in [6.07, 6.45) is 4.56. The van der Waals surface area contributed by atoms with Crippen LogP contribution in [0.1, 0.15) is 41.2 Å². The summed E-state index contributed by atoms with van der Waals surface area (Å²) in [5.41, 5.74) is 1.60. The van der Waals surface area contributed by atoms with Gasteiger partial charge in [0.1, 0.15) is 5.82 Å². The Kier molecular flexibility index (Phi) is 5.66. The first kappa shape index (κ1) is 17.4. The lowest BCUT2D eigenvalue weighted by Gasteiger charge is -2.28. The Hall–Kier alpha value is -2.40. The summed E-state index contributed by atoms with van der Waals surface area (Å²) in [5.74, 6) is 0.856. The van der Waals surface area contributed by atoms with Gasteiger partial charge in [-0.3, -0.25) is 4.79 Å². The molecule has 5 heteroatoms. The van der Waals surface area contributed by atoms with Crippen molar-refractivity contribution in [3.63, 3.8) is 0 Å². The quantitative estimate of drug-likeness (QED) is 0.879. The maximum atomic E-state index is 12.9. The van der Waals surface area contributed by atoms with Crippen molar-refractivity contribution in [2.45, 2.75) is 25.3 Å². The van der Waals surface area contributed by atoms with E-state index in [0.717, 1.165) is 24.5 Å². The fourth-order valence-electron chi connectivity index (χ4n) is 3.37. The molecule has 1 atom stereocenters. The molecule has 1 aliphatic heterocycles. The molecule has 1 aromatic heterocycles. The lowest BCUT2D eigenvalue weighted by atomic mass is 10.0. The third-order valence-electron chi connectivity index (χ3n) is 4.80. The summed E-state index contributed by atoms with van der Waals surface area (Å²) >= 11 is 0. The number of carbonyl (C=O) groups is 1. The average molecular weight is 339 g/mol. The molecule has 25 heavy (non-hydrogen) atoms. The third-order valence-corrected chi connectivity index (χ3v) is 4.80. The van der Waals surface area contributed by atoms with Crippen LogP contribution in [0.2, 0.25) is 0 Å². The van der Waals surface area contributed by atoms with E-state index >= 15 is 0 Å². The van der Waals surface area contributed by atoms with E-state index in [2.05, 4.69) is 9.88 Å². The van der Waals surface area contributed by atoms with E-state index in [4.69, 9.17) is 0 Å². The maximum Gasteiger partial charge on any atom is 0.255 e. The highest BCUT2D eigenvalue weighted by Gasteiger charge is 2.23. The van der Waals surface area contributed by atoms with Gasteiger partial charge in [-0.15, -0.1) is 0 Å². The predicted molar refractivity (Wildman–Crippen MR) is 98.7 cm³/mol. The van der Waals surface area contributed by atoms with Crippen LogP contribution in [0, 0.1) is 0 Å². The summed E-state index contributed by atoms with van der Waals surface area (Å²) in [4.78, 5) is 21.3. The van der Waals surface area contributed by atoms with Crippen molar-refractivity contribution in [3.05, 3.63) is 59.8 Å². The van der Waals surface area contributed by atoms with Gasteiger partial charge in [-0.25, -0.2) is 4.98 Å². The standard InChI is InChI=1S/C20H25N3O2/c1-22(18(11-14-24)16-7-3-2-4-8-16)20(25)17-9-10-19(21-15-17)23-12-5-6-13-23/h2-4,7-10,15,18,24H,5-6,11-14H2,1H3. The second-order valence-electron chi connectivity index (χ2n) is 6.45. The molecule has 0 saturated carbocycles. The Morgan fingerprint density at radius 3 is 2.52 bits per heavy atom. The number of carbonyl (C=O) groups excluding carboxylic acids is 1. The van der Waals surface area contributed by atoms with E-state index in [0.29, 0.717) is 12.0 Å². The Morgan fingerprint density at radius 1 is 1.20 bits per heavy atom. The zero-order valence-corrected chi connectivity index (χ0v) is 14.6. The molecule has 2 aromatic rings. The van der Waals surface area contributed by atoms with Crippen LogP contribution in [0.4, 0.5) is 5.82 Å². The maximum absolute atomic E-state index is 12.9. The minimum Gasteiger partial charge on any atom is -0.396 e. The topological polar surface area (TPSA) is 56.7 Å². The van der Waals surface area contributed by atoms with E-state index in [1.54, 1.807) is 18.1 Å². The van der Waals surface area contributed by atoms with Crippen molar-refractivity contribution in [2.24, 2.45) is 0 Å². The Bertz CT molecular complexity index is 682. The lowest BCUT2D eigenvalue weighted by molar-refractivity contribution is 0.0705. The zero-order chi connectivity index (χ0) is 17.6. The number of benzene rings is 1. The highest BCUT2D eigenvalue weighted by molar-refractivity contribution is 5.94. The first-order chi connectivity index (χ1) is 12.2. The number of nitrogens with zero attached hydrogens (tertiary/aromatic N) is 3. The Labute approximate surface area is 148 Å². The van der Waals surface area contributed by atoms with Crippen LogP contribution in [0.5, 0.6) is 0 Å². The van der Waals surface area contributed by atoms with Gasteiger partial charge in [0.2, 0.25) is 0 Å². The van der Waals surface area contributed by atoms with Gasteiger partial charge in [-0.05, 0) is 37.0 Å². The number of amides is 1. The summed E-state index contributed by atoms with van der Waals surface area (Å²) in [5, 5.41) is 9.40. The molecule has 3 rings (SSSR count). The molecule has 0 aliphatic carbocycles. The SMILES string of the molecule is CN(C(=O)c1ccc(N2CCCC2)nc1)C(CCO)c1ccccc1. The van der Waals surface area contributed by atoms with Gasteiger partial charge in [0.05, 0.1) is 11.6 Å². The van der Waals surface area contributed by atoms with Gasteiger partial charge in [0.15, 0.2) is 0 Å². The second-order valence-corrected chi connectivity index (χ2v) is 6.45. The highest BCUT2D eigenvalue weighted by Crippen LogP contribution is 2.25. The molecule has 1 unspecified atom stereocenters. The largest absolute Gasteiger partial charge is 0.396 e. The van der Waals surface area contributed by atoms with Crippen molar-refractivity contribution in [1.29, 1.82) is 0 Å². The first-order valence-electron chi connectivity index (χ1n) is 8.84. The number of hydrogen-bond acceptors (Lipinski definition) is 4. The second kappa shape index (κ2) is 8.12. The highest BCUT2D eigenvalue weighted by atomic mass is 16.3. The zero-order valence-electron chi connectivity index (χ0n) is 14.6. The summed E-state index contributed by atoms with van der Waals surface area (Å²) in [6, 6.07) is 13.4. The van der Waals surface area contributed by atoms with E-state index in [9.17, 15) is 9.90 Å². The van der Waals surface area contributed by atoms with Gasteiger partial charge in [0, 0.05) is 32.9 Å². The molecule has 1 N–H and O–H groups in total. The minimum atomic E-state index is -0.156. The predicted octanol–water partition coefficient (Wildman–Crippen LogP) is 2.88. The van der Waals surface area contributed by atoms with Crippen molar-refractivity contribution in [2.75, 3.05) is 31.6 Å². The van der Waals surface area contributed by atoms with Gasteiger partial charge < -0.3 is 14.9 Å². The fourth-order valence-corrected chi connectivity index (χ4v) is 3.37. The number of pyridine rings is 1. The van der Waals surface area contributed by atoms with Gasteiger partial charge >= 0.3 is 0 Å². The Balaban J connectivity index is 1.75. The van der Waals surface area contributed by atoms with Crippen LogP contribution in [-0.4, -0.2) is 47.6 Å². The van der Waals surface area contributed by atoms with Crippen LogP contribution in [0.25, 0.3) is 0 Å². The first-order valence-corrected chi connectivity index (χ1v) is 8.84. The normalized spacial score (nSPS) is 15.2. The van der Waals surface area contributed by atoms with E-state index in [1.807, 2.05) is 42.5 Å². The summed E-state index contributed by atoms with van der Waals surface area (Å²) in [6.45, 7) is 2.10. The third kappa shape index (κ3) is 3.99. The molecule has 1 saturated heterocycles. The Morgan fingerprint density at radius 2 is 1.92 bits per heavy atom. The molecular formula is C20H25N3O2. The monoisotopic (exact) mass is 339 g/mol. The minimum absolute atomic E-state index is 0.0311. The molecule has 5 nitrogen and oxygen atoms in total. The fraction of sp³-hybridized carbons (Fsp3) is 0.400. The summed E-state index contributed by atoms with van der Waals surface area (Å²) in [7, 11) is 1.78. The van der Waals surface area contributed by atoms with Gasteiger partial charge in [-0.1, -0.05) is 30.3 Å². The molecule has 1 aromatic carbocycles. The lowest BCUT2D eigenvalue weighted by Crippen LogP contribution is -2.32. The van der Waals surface area contributed by atoms with Crippen LogP contribution in [0.3, 0.4) is 0 Å². The molecule has 1 fully saturated rings. The number of aliphatic hydroxyl groups is 1. The molecule has 132 valence electrons. The van der Waals surface area contributed by atoms with Gasteiger partial charge in [-0.2, -0.15) is 0 Å². The number of aliphatic hydroxyl groups excluding tert-OH is 1. The molecule has 2 heterocycles. The average Bonchev–Trinajstić information content (AvgIpc) is 3.20. The number of hydrogen-bond donors (Lipinski definition) is 1. The van der Waals surface area contributed by atoms with Crippen molar-refractivity contribution in [3.8, 4) is 0 Å². The van der Waals surface area contributed by atoms with E-state index in [1.165, 1.54) is 12.8 Å². The van der Waals surface area contributed by atoms with Crippen LogP contribution in [0.15, 0.2) is 48.7 Å². The molecule has 0 spiro atoms. The van der Waals surface area contributed by atoms with Crippen molar-refractivity contribution >= 4 is 11.7 Å². The number of rotatable bonds is 6. The smallest absolute Gasteiger partial charge is 0.255 e. The summed E-state index contributed by atoms with van der Waals surface area (Å²) < 4.78 is 0.